The minimum Gasteiger partial charge on any atom is -0.497 e. The average Bonchev–Trinajstić information content (AvgIpc) is 2.83. The topological polar surface area (TPSA) is 76.7 Å². The maximum absolute atomic E-state index is 12.8. The molecule has 0 saturated heterocycles. The molecule has 0 aromatic heterocycles. The molecule has 8 heteroatoms. The zero-order valence-corrected chi connectivity index (χ0v) is 19.1. The van der Waals surface area contributed by atoms with Crippen molar-refractivity contribution >= 4 is 35.0 Å². The summed E-state index contributed by atoms with van der Waals surface area (Å²) >= 11 is 12.2. The normalized spacial score (nSPS) is 10.4. The summed E-state index contributed by atoms with van der Waals surface area (Å²) in [7, 11) is 3.17. The Kier molecular flexibility index (Phi) is 7.98. The van der Waals surface area contributed by atoms with Gasteiger partial charge in [-0.2, -0.15) is 0 Å². The minimum absolute atomic E-state index is 0.139. The molecule has 166 valence electrons. The number of ether oxygens (including phenoxy) is 2. The second kappa shape index (κ2) is 10.9. The number of carbonyl (C=O) groups excluding carboxylic acids is 2. The fraction of sp³-hybridized carbons (Fsp3) is 0.167. The molecule has 0 atom stereocenters. The molecular weight excluding hydrogens is 451 g/mol. The molecule has 0 spiro atoms. The lowest BCUT2D eigenvalue weighted by Crippen LogP contribution is -2.29. The third kappa shape index (κ3) is 5.93. The van der Waals surface area contributed by atoms with Crippen LogP contribution in [0.4, 0.5) is 0 Å². The molecular formula is C24H22Cl2N2O4. The van der Waals surface area contributed by atoms with E-state index in [0.717, 1.165) is 22.6 Å². The molecule has 0 radical (unpaired) electrons. The van der Waals surface area contributed by atoms with Gasteiger partial charge in [0.2, 0.25) is 0 Å². The highest BCUT2D eigenvalue weighted by Gasteiger charge is 2.19. The number of nitrogens with one attached hydrogen (secondary N) is 2. The Morgan fingerprint density at radius 1 is 0.688 bits per heavy atom. The van der Waals surface area contributed by atoms with E-state index in [0.29, 0.717) is 0 Å². The summed E-state index contributed by atoms with van der Waals surface area (Å²) in [6, 6.07) is 17.4. The quantitative estimate of drug-likeness (QED) is 0.490. The number of methoxy groups -OCH3 is 2. The Labute approximate surface area is 196 Å². The number of rotatable bonds is 8. The summed E-state index contributed by atoms with van der Waals surface area (Å²) in [5, 5.41) is 5.99. The van der Waals surface area contributed by atoms with Crippen molar-refractivity contribution in [3.8, 4) is 11.5 Å². The van der Waals surface area contributed by atoms with E-state index in [-0.39, 0.29) is 34.3 Å². The molecule has 3 aromatic carbocycles. The van der Waals surface area contributed by atoms with Gasteiger partial charge in [-0.05, 0) is 47.5 Å². The lowest BCUT2D eigenvalue weighted by atomic mass is 10.1. The van der Waals surface area contributed by atoms with Crippen LogP contribution in [0.3, 0.4) is 0 Å². The van der Waals surface area contributed by atoms with Crippen molar-refractivity contribution in [1.29, 1.82) is 0 Å². The molecule has 0 saturated carbocycles. The van der Waals surface area contributed by atoms with Crippen molar-refractivity contribution in [1.82, 2.24) is 10.6 Å². The third-order valence-corrected chi connectivity index (χ3v) is 5.50. The van der Waals surface area contributed by atoms with Crippen molar-refractivity contribution in [2.45, 2.75) is 13.1 Å². The van der Waals surface area contributed by atoms with E-state index in [4.69, 9.17) is 32.7 Å². The fourth-order valence-corrected chi connectivity index (χ4v) is 3.29. The number of benzene rings is 3. The van der Waals surface area contributed by atoms with Crippen LogP contribution in [-0.2, 0) is 13.1 Å². The van der Waals surface area contributed by atoms with Crippen LogP contribution in [-0.4, -0.2) is 26.0 Å². The molecule has 6 nitrogen and oxygen atoms in total. The van der Waals surface area contributed by atoms with Gasteiger partial charge in [-0.25, -0.2) is 0 Å². The van der Waals surface area contributed by atoms with Crippen LogP contribution in [0.1, 0.15) is 31.8 Å². The second-order valence-electron chi connectivity index (χ2n) is 6.87. The SMILES string of the molecule is COc1ccc(CNC(=O)c2cc(Cl)c(Cl)cc2C(=O)NCc2ccc(OC)cc2)cc1. The van der Waals surface area contributed by atoms with Crippen molar-refractivity contribution in [2.24, 2.45) is 0 Å². The number of hydrogen-bond donors (Lipinski definition) is 2. The van der Waals surface area contributed by atoms with E-state index in [1.54, 1.807) is 38.5 Å². The van der Waals surface area contributed by atoms with Gasteiger partial charge in [0.1, 0.15) is 11.5 Å². The molecule has 0 unspecified atom stereocenters. The van der Waals surface area contributed by atoms with Gasteiger partial charge in [0.15, 0.2) is 0 Å². The summed E-state index contributed by atoms with van der Waals surface area (Å²) in [6.07, 6.45) is 0. The van der Waals surface area contributed by atoms with Gasteiger partial charge in [0.05, 0.1) is 35.4 Å². The van der Waals surface area contributed by atoms with Gasteiger partial charge in [0.25, 0.3) is 11.8 Å². The molecule has 3 rings (SSSR count). The highest BCUT2D eigenvalue weighted by molar-refractivity contribution is 6.42. The summed E-state index contributed by atoms with van der Waals surface area (Å²) in [4.78, 5) is 25.7. The highest BCUT2D eigenvalue weighted by Crippen LogP contribution is 2.26. The van der Waals surface area contributed by atoms with E-state index in [9.17, 15) is 9.59 Å². The molecule has 2 amide bonds. The Morgan fingerprint density at radius 3 is 1.34 bits per heavy atom. The molecule has 0 bridgehead atoms. The summed E-state index contributed by atoms with van der Waals surface area (Å²) in [5.74, 6) is 0.573. The van der Waals surface area contributed by atoms with E-state index in [1.165, 1.54) is 12.1 Å². The summed E-state index contributed by atoms with van der Waals surface area (Å²) in [5.41, 5.74) is 2.04. The zero-order valence-electron chi connectivity index (χ0n) is 17.6. The molecule has 32 heavy (non-hydrogen) atoms. The van der Waals surface area contributed by atoms with Gasteiger partial charge in [-0.3, -0.25) is 9.59 Å². The third-order valence-electron chi connectivity index (χ3n) is 4.77. The first-order chi connectivity index (χ1) is 15.4. The molecule has 0 aliphatic rings. The van der Waals surface area contributed by atoms with Crippen LogP contribution in [0.5, 0.6) is 11.5 Å². The molecule has 0 heterocycles. The first-order valence-corrected chi connectivity index (χ1v) is 10.5. The minimum atomic E-state index is -0.436. The Balaban J connectivity index is 1.72. The van der Waals surface area contributed by atoms with E-state index >= 15 is 0 Å². The van der Waals surface area contributed by atoms with Crippen LogP contribution in [0.2, 0.25) is 10.0 Å². The van der Waals surface area contributed by atoms with Crippen LogP contribution in [0.15, 0.2) is 60.7 Å². The van der Waals surface area contributed by atoms with Gasteiger partial charge in [0, 0.05) is 13.1 Å². The van der Waals surface area contributed by atoms with Gasteiger partial charge >= 0.3 is 0 Å². The Hall–Kier alpha value is -3.22. The number of hydrogen-bond acceptors (Lipinski definition) is 4. The number of amides is 2. The monoisotopic (exact) mass is 472 g/mol. The first kappa shape index (κ1) is 23.4. The lowest BCUT2D eigenvalue weighted by molar-refractivity contribution is 0.0916. The predicted molar refractivity (Wildman–Crippen MR) is 125 cm³/mol. The molecule has 0 aliphatic carbocycles. The van der Waals surface area contributed by atoms with Crippen molar-refractivity contribution < 1.29 is 19.1 Å². The molecule has 0 fully saturated rings. The summed E-state index contributed by atoms with van der Waals surface area (Å²) in [6.45, 7) is 0.548. The van der Waals surface area contributed by atoms with Gasteiger partial charge in [-0.15, -0.1) is 0 Å². The van der Waals surface area contributed by atoms with Crippen LogP contribution in [0, 0.1) is 0 Å². The van der Waals surface area contributed by atoms with E-state index < -0.39 is 11.8 Å². The summed E-state index contributed by atoms with van der Waals surface area (Å²) < 4.78 is 10.3. The van der Waals surface area contributed by atoms with Crippen LogP contribution < -0.4 is 20.1 Å². The fourth-order valence-electron chi connectivity index (χ4n) is 2.96. The smallest absolute Gasteiger partial charge is 0.252 e. The van der Waals surface area contributed by atoms with E-state index in [1.807, 2.05) is 24.3 Å². The van der Waals surface area contributed by atoms with Crippen LogP contribution >= 0.6 is 23.2 Å². The maximum atomic E-state index is 12.8. The van der Waals surface area contributed by atoms with Gasteiger partial charge < -0.3 is 20.1 Å². The Morgan fingerprint density at radius 2 is 1.03 bits per heavy atom. The standard InChI is InChI=1S/C24H22Cl2N2O4/c1-31-17-7-3-15(4-8-17)13-27-23(29)19-11-21(25)22(26)12-20(19)24(30)28-14-16-5-9-18(32-2)10-6-16/h3-12H,13-14H2,1-2H3,(H,27,29)(H,28,30). The Bertz CT molecular complexity index is 1010. The maximum Gasteiger partial charge on any atom is 0.252 e. The van der Waals surface area contributed by atoms with E-state index in [2.05, 4.69) is 10.6 Å². The zero-order chi connectivity index (χ0) is 23.1. The predicted octanol–water partition coefficient (Wildman–Crippen LogP) is 4.87. The number of carbonyl (C=O) groups is 2. The average molecular weight is 473 g/mol. The van der Waals surface area contributed by atoms with Crippen molar-refractivity contribution in [3.63, 3.8) is 0 Å². The van der Waals surface area contributed by atoms with Crippen molar-refractivity contribution in [2.75, 3.05) is 14.2 Å². The largest absolute Gasteiger partial charge is 0.497 e. The lowest BCUT2D eigenvalue weighted by Gasteiger charge is -2.13. The first-order valence-electron chi connectivity index (χ1n) is 9.72. The van der Waals surface area contributed by atoms with Crippen molar-refractivity contribution in [3.05, 3.63) is 93.0 Å². The van der Waals surface area contributed by atoms with Crippen LogP contribution in [0.25, 0.3) is 0 Å². The number of halogens is 2. The molecule has 0 aliphatic heterocycles. The second-order valence-corrected chi connectivity index (χ2v) is 7.69. The van der Waals surface area contributed by atoms with Gasteiger partial charge in [-0.1, -0.05) is 47.5 Å². The molecule has 2 N–H and O–H groups in total. The highest BCUT2D eigenvalue weighted by atomic mass is 35.5. The molecule has 3 aromatic rings.